The first-order valence-corrected chi connectivity index (χ1v) is 7.08. The zero-order valence-corrected chi connectivity index (χ0v) is 13.3. The third-order valence-corrected chi connectivity index (χ3v) is 4.20. The fourth-order valence-electron chi connectivity index (χ4n) is 2.33. The van der Waals surface area contributed by atoms with E-state index in [2.05, 4.69) is 15.9 Å². The van der Waals surface area contributed by atoms with Gasteiger partial charge >= 0.3 is 0 Å². The largest absolute Gasteiger partial charge is 0.497 e. The Labute approximate surface area is 126 Å². The van der Waals surface area contributed by atoms with Crippen LogP contribution >= 0.6 is 15.9 Å². The van der Waals surface area contributed by atoms with E-state index in [1.807, 2.05) is 6.07 Å². The highest BCUT2D eigenvalue weighted by molar-refractivity contribution is 9.10. The number of nitrogens with zero attached hydrogens (tertiary/aromatic N) is 1. The molecule has 5 nitrogen and oxygen atoms in total. The minimum Gasteiger partial charge on any atom is -0.497 e. The quantitative estimate of drug-likeness (QED) is 0.838. The van der Waals surface area contributed by atoms with Gasteiger partial charge in [0.25, 0.3) is 5.91 Å². The van der Waals surface area contributed by atoms with Crippen LogP contribution in [0.5, 0.6) is 5.75 Å². The summed E-state index contributed by atoms with van der Waals surface area (Å²) in [4.78, 5) is 14.3. The van der Waals surface area contributed by atoms with E-state index in [9.17, 15) is 4.79 Å². The topological polar surface area (TPSA) is 48.0 Å². The third kappa shape index (κ3) is 2.97. The zero-order valence-electron chi connectivity index (χ0n) is 11.8. The second kappa shape index (κ2) is 6.56. The smallest absolute Gasteiger partial charge is 0.255 e. The van der Waals surface area contributed by atoms with Crippen LogP contribution in [0.4, 0.5) is 0 Å². The van der Waals surface area contributed by atoms with E-state index in [-0.39, 0.29) is 18.1 Å². The second-order valence-corrected chi connectivity index (χ2v) is 5.46. The number of ether oxygens (including phenoxy) is 3. The zero-order chi connectivity index (χ0) is 14.7. The highest BCUT2D eigenvalue weighted by Gasteiger charge is 2.36. The molecule has 1 aliphatic heterocycles. The Morgan fingerprint density at radius 1 is 1.20 bits per heavy atom. The Morgan fingerprint density at radius 2 is 1.80 bits per heavy atom. The lowest BCUT2D eigenvalue weighted by Crippen LogP contribution is -2.30. The number of benzene rings is 1. The summed E-state index contributed by atoms with van der Waals surface area (Å²) in [5.74, 6) is 0.597. The van der Waals surface area contributed by atoms with Gasteiger partial charge < -0.3 is 19.1 Å². The summed E-state index contributed by atoms with van der Waals surface area (Å²) < 4.78 is 16.6. The van der Waals surface area contributed by atoms with Crippen LogP contribution < -0.4 is 4.74 Å². The van der Waals surface area contributed by atoms with E-state index in [4.69, 9.17) is 14.2 Å². The number of halogens is 1. The maximum atomic E-state index is 12.6. The molecule has 0 aliphatic carbocycles. The monoisotopic (exact) mass is 343 g/mol. The number of rotatable bonds is 4. The summed E-state index contributed by atoms with van der Waals surface area (Å²) in [5, 5.41) is 0. The van der Waals surface area contributed by atoms with Gasteiger partial charge in [0, 0.05) is 31.8 Å². The molecule has 1 heterocycles. The van der Waals surface area contributed by atoms with Crippen LogP contribution in [0.2, 0.25) is 0 Å². The first-order valence-electron chi connectivity index (χ1n) is 6.29. The van der Waals surface area contributed by atoms with Crippen molar-refractivity contribution >= 4 is 21.8 Å². The van der Waals surface area contributed by atoms with Gasteiger partial charge in [-0.25, -0.2) is 0 Å². The number of hydrogen-bond donors (Lipinski definition) is 0. The second-order valence-electron chi connectivity index (χ2n) is 4.60. The Morgan fingerprint density at radius 3 is 2.30 bits per heavy atom. The molecule has 0 spiro atoms. The molecule has 1 aliphatic rings. The third-order valence-electron chi connectivity index (χ3n) is 3.51. The lowest BCUT2D eigenvalue weighted by Gasteiger charge is -2.17. The van der Waals surface area contributed by atoms with Gasteiger partial charge in [0.1, 0.15) is 18.0 Å². The molecular formula is C14H18BrNO4. The molecule has 20 heavy (non-hydrogen) atoms. The van der Waals surface area contributed by atoms with E-state index in [1.54, 1.807) is 38.4 Å². The number of amides is 1. The lowest BCUT2D eigenvalue weighted by molar-refractivity contribution is -0.00461. The number of hydrogen-bond acceptors (Lipinski definition) is 4. The van der Waals surface area contributed by atoms with Gasteiger partial charge in [-0.15, -0.1) is 0 Å². The van der Waals surface area contributed by atoms with Crippen molar-refractivity contribution in [1.82, 2.24) is 4.90 Å². The maximum absolute atomic E-state index is 12.6. The van der Waals surface area contributed by atoms with Crippen molar-refractivity contribution in [1.29, 1.82) is 0 Å². The van der Waals surface area contributed by atoms with E-state index >= 15 is 0 Å². The van der Waals surface area contributed by atoms with Gasteiger partial charge in [0.2, 0.25) is 0 Å². The van der Waals surface area contributed by atoms with Crippen molar-refractivity contribution in [3.8, 4) is 5.75 Å². The van der Waals surface area contributed by atoms with Gasteiger partial charge in [-0.3, -0.25) is 4.79 Å². The van der Waals surface area contributed by atoms with Gasteiger partial charge in [0.05, 0.1) is 12.7 Å². The summed E-state index contributed by atoms with van der Waals surface area (Å²) >= 11 is 3.41. The molecule has 1 fully saturated rings. The highest BCUT2D eigenvalue weighted by atomic mass is 79.9. The predicted molar refractivity (Wildman–Crippen MR) is 78.2 cm³/mol. The summed E-state index contributed by atoms with van der Waals surface area (Å²) in [6.45, 7) is 1.05. The standard InChI is InChI=1S/C14H18BrNO4/c1-18-9-4-5-11(15)10(6-9)14(17)16-7-12(19-2)13(8-16)20-3/h4-6,12-13H,7-8H2,1-3H3. The van der Waals surface area contributed by atoms with Gasteiger partial charge in [-0.2, -0.15) is 0 Å². The van der Waals surface area contributed by atoms with Crippen LogP contribution in [-0.2, 0) is 9.47 Å². The summed E-state index contributed by atoms with van der Waals surface area (Å²) in [7, 11) is 4.84. The molecule has 6 heteroatoms. The molecule has 2 rings (SSSR count). The van der Waals surface area contributed by atoms with Crippen molar-refractivity contribution in [3.05, 3.63) is 28.2 Å². The predicted octanol–water partition coefficient (Wildman–Crippen LogP) is 1.94. The van der Waals surface area contributed by atoms with E-state index < -0.39 is 0 Å². The Kier molecular flexibility index (Phi) is 5.01. The van der Waals surface area contributed by atoms with E-state index in [0.717, 1.165) is 4.47 Å². The maximum Gasteiger partial charge on any atom is 0.255 e. The van der Waals surface area contributed by atoms with Crippen LogP contribution in [0.15, 0.2) is 22.7 Å². The molecule has 1 amide bonds. The Balaban J connectivity index is 2.20. The molecular weight excluding hydrogens is 326 g/mol. The minimum atomic E-state index is -0.0895. The van der Waals surface area contributed by atoms with Crippen LogP contribution in [0.25, 0.3) is 0 Å². The fourth-order valence-corrected chi connectivity index (χ4v) is 2.74. The number of carbonyl (C=O) groups excluding carboxylic acids is 1. The average Bonchev–Trinajstić information content (AvgIpc) is 2.90. The van der Waals surface area contributed by atoms with Gasteiger partial charge in [-0.1, -0.05) is 0 Å². The molecule has 0 bridgehead atoms. The van der Waals surface area contributed by atoms with Gasteiger partial charge in [0.15, 0.2) is 0 Å². The SMILES string of the molecule is COc1ccc(Br)c(C(=O)N2CC(OC)C(OC)C2)c1. The molecule has 1 aromatic carbocycles. The average molecular weight is 344 g/mol. The van der Waals surface area contributed by atoms with Crippen molar-refractivity contribution in [2.45, 2.75) is 12.2 Å². The lowest BCUT2D eigenvalue weighted by atomic mass is 10.2. The van der Waals surface area contributed by atoms with Gasteiger partial charge in [-0.05, 0) is 34.1 Å². The van der Waals surface area contributed by atoms with Crippen LogP contribution in [0.1, 0.15) is 10.4 Å². The first kappa shape index (κ1) is 15.3. The normalized spacial score (nSPS) is 22.1. The number of likely N-dealkylation sites (tertiary alicyclic amines) is 1. The summed E-state index contributed by atoms with van der Waals surface area (Å²) in [6.07, 6.45) is -0.179. The van der Waals surface area contributed by atoms with E-state index in [1.165, 1.54) is 0 Å². The Bertz CT molecular complexity index is 482. The Hall–Kier alpha value is -1.11. The molecule has 0 aromatic heterocycles. The molecule has 2 atom stereocenters. The molecule has 2 unspecified atom stereocenters. The number of carbonyl (C=O) groups is 1. The minimum absolute atomic E-state index is 0.0580. The van der Waals surface area contributed by atoms with Crippen molar-refractivity contribution in [2.24, 2.45) is 0 Å². The van der Waals surface area contributed by atoms with Crippen LogP contribution in [0, 0.1) is 0 Å². The fraction of sp³-hybridized carbons (Fsp3) is 0.500. The molecule has 0 N–H and O–H groups in total. The van der Waals surface area contributed by atoms with Crippen molar-refractivity contribution in [2.75, 3.05) is 34.4 Å². The molecule has 110 valence electrons. The molecule has 1 saturated heterocycles. The summed E-state index contributed by atoms with van der Waals surface area (Å²) in [6, 6.07) is 5.35. The van der Waals surface area contributed by atoms with Crippen LogP contribution in [-0.4, -0.2) is 57.4 Å². The van der Waals surface area contributed by atoms with Crippen molar-refractivity contribution in [3.63, 3.8) is 0 Å². The first-order chi connectivity index (χ1) is 9.60. The van der Waals surface area contributed by atoms with Crippen LogP contribution in [0.3, 0.4) is 0 Å². The highest BCUT2D eigenvalue weighted by Crippen LogP contribution is 2.26. The van der Waals surface area contributed by atoms with E-state index in [0.29, 0.717) is 24.4 Å². The summed E-state index contributed by atoms with van der Waals surface area (Å²) in [5.41, 5.74) is 0.580. The number of methoxy groups -OCH3 is 3. The molecule has 0 saturated carbocycles. The molecule has 1 aromatic rings. The van der Waals surface area contributed by atoms with Crippen molar-refractivity contribution < 1.29 is 19.0 Å². The molecule has 0 radical (unpaired) electrons.